The van der Waals surface area contributed by atoms with Crippen molar-refractivity contribution in [1.29, 1.82) is 0 Å². The molecule has 0 spiro atoms. The van der Waals surface area contributed by atoms with E-state index in [9.17, 15) is 0 Å². The molecule has 2 heterocycles. The Kier molecular flexibility index (Phi) is 4.43. The number of aromatic nitrogens is 2. The number of rotatable bonds is 3. The zero-order chi connectivity index (χ0) is 14.7. The van der Waals surface area contributed by atoms with E-state index in [1.165, 1.54) is 25.7 Å². The molecule has 0 bridgehead atoms. The summed E-state index contributed by atoms with van der Waals surface area (Å²) in [6.45, 7) is 0.672. The number of hydrogen-bond donors (Lipinski definition) is 2. The van der Waals surface area contributed by atoms with Crippen molar-refractivity contribution in [2.24, 2.45) is 4.99 Å². The van der Waals surface area contributed by atoms with Crippen LogP contribution < -0.4 is 10.6 Å². The fraction of sp³-hybridized carbons (Fsp3) is 0.467. The first-order valence-electron chi connectivity index (χ1n) is 7.35. The molecule has 2 N–H and O–H groups in total. The second-order valence-corrected chi connectivity index (χ2v) is 6.31. The van der Waals surface area contributed by atoms with Crippen LogP contribution in [0.15, 0.2) is 34.0 Å². The molecule has 112 valence electrons. The van der Waals surface area contributed by atoms with Crippen LogP contribution in [0.3, 0.4) is 0 Å². The quantitative estimate of drug-likeness (QED) is 0.661. The van der Waals surface area contributed by atoms with Crippen molar-refractivity contribution >= 4 is 27.5 Å². The van der Waals surface area contributed by atoms with Crippen LogP contribution in [0.5, 0.6) is 0 Å². The van der Waals surface area contributed by atoms with E-state index in [0.717, 1.165) is 21.8 Å². The predicted octanol–water partition coefficient (Wildman–Crippen LogP) is 2.70. The minimum absolute atomic E-state index is 0.563. The maximum absolute atomic E-state index is 4.59. The number of guanidine groups is 1. The van der Waals surface area contributed by atoms with E-state index in [0.29, 0.717) is 12.6 Å². The van der Waals surface area contributed by atoms with E-state index < -0.39 is 0 Å². The van der Waals surface area contributed by atoms with Crippen LogP contribution in [0, 0.1) is 0 Å². The minimum Gasteiger partial charge on any atom is -0.354 e. The molecule has 0 unspecified atom stereocenters. The summed E-state index contributed by atoms with van der Waals surface area (Å²) in [7, 11) is 1.81. The molecule has 2 aromatic heterocycles. The van der Waals surface area contributed by atoms with Gasteiger partial charge in [-0.1, -0.05) is 12.8 Å². The van der Waals surface area contributed by atoms with Crippen LogP contribution in [-0.2, 0) is 6.54 Å². The van der Waals surface area contributed by atoms with E-state index in [2.05, 4.69) is 36.5 Å². The Morgan fingerprint density at radius 1 is 1.38 bits per heavy atom. The summed E-state index contributed by atoms with van der Waals surface area (Å²) in [5.74, 6) is 0.861. The summed E-state index contributed by atoms with van der Waals surface area (Å²) in [6, 6.07) is 4.56. The Bertz CT molecular complexity index is 643. The molecule has 0 amide bonds. The van der Waals surface area contributed by atoms with Gasteiger partial charge in [0.25, 0.3) is 0 Å². The van der Waals surface area contributed by atoms with Gasteiger partial charge in [-0.05, 0) is 40.9 Å². The summed E-state index contributed by atoms with van der Waals surface area (Å²) in [5.41, 5.74) is 1.95. The third-order valence-electron chi connectivity index (χ3n) is 3.82. The highest BCUT2D eigenvalue weighted by molar-refractivity contribution is 9.10. The van der Waals surface area contributed by atoms with Crippen LogP contribution in [-0.4, -0.2) is 28.4 Å². The van der Waals surface area contributed by atoms with Crippen molar-refractivity contribution in [2.75, 3.05) is 7.05 Å². The van der Waals surface area contributed by atoms with Crippen molar-refractivity contribution in [3.05, 3.63) is 34.7 Å². The lowest BCUT2D eigenvalue weighted by molar-refractivity contribution is 0.613. The molecule has 0 saturated heterocycles. The molecule has 0 radical (unpaired) electrons. The van der Waals surface area contributed by atoms with Crippen molar-refractivity contribution < 1.29 is 0 Å². The van der Waals surface area contributed by atoms with Gasteiger partial charge in [0.2, 0.25) is 0 Å². The maximum Gasteiger partial charge on any atom is 0.191 e. The molecule has 1 fully saturated rings. The van der Waals surface area contributed by atoms with Gasteiger partial charge >= 0.3 is 0 Å². The third-order valence-corrected chi connectivity index (χ3v) is 4.29. The second kappa shape index (κ2) is 6.47. The van der Waals surface area contributed by atoms with Crippen LogP contribution in [0.2, 0.25) is 0 Å². The van der Waals surface area contributed by atoms with E-state index >= 15 is 0 Å². The number of fused-ring (bicyclic) bond motifs is 1. The van der Waals surface area contributed by atoms with E-state index in [-0.39, 0.29) is 0 Å². The first kappa shape index (κ1) is 14.4. The first-order valence-corrected chi connectivity index (χ1v) is 8.14. The highest BCUT2D eigenvalue weighted by Crippen LogP contribution is 2.17. The number of hydrogen-bond acceptors (Lipinski definition) is 2. The molecule has 0 aliphatic heterocycles. The van der Waals surface area contributed by atoms with E-state index in [4.69, 9.17) is 0 Å². The zero-order valence-corrected chi connectivity index (χ0v) is 13.7. The van der Waals surface area contributed by atoms with Gasteiger partial charge in [-0.15, -0.1) is 0 Å². The molecular weight excluding hydrogens is 330 g/mol. The normalized spacial score (nSPS) is 16.6. The Labute approximate surface area is 133 Å². The summed E-state index contributed by atoms with van der Waals surface area (Å²) < 4.78 is 3.07. The number of aliphatic imine (C=N–C) groups is 1. The molecule has 0 aromatic carbocycles. The molecule has 6 heteroatoms. The first-order chi connectivity index (χ1) is 10.2. The number of nitrogens with one attached hydrogen (secondary N) is 2. The molecular formula is C15H20BrN5. The Balaban J connectivity index is 1.61. The Morgan fingerprint density at radius 2 is 2.19 bits per heavy atom. The average molecular weight is 350 g/mol. The van der Waals surface area contributed by atoms with Gasteiger partial charge < -0.3 is 15.0 Å². The second-order valence-electron chi connectivity index (χ2n) is 5.40. The number of halogens is 1. The molecule has 21 heavy (non-hydrogen) atoms. The molecule has 0 atom stereocenters. The molecule has 1 saturated carbocycles. The van der Waals surface area contributed by atoms with Crippen LogP contribution in [0.1, 0.15) is 31.4 Å². The van der Waals surface area contributed by atoms with Crippen molar-refractivity contribution in [3.8, 4) is 0 Å². The van der Waals surface area contributed by atoms with Gasteiger partial charge in [0.15, 0.2) is 5.96 Å². The predicted molar refractivity (Wildman–Crippen MR) is 88.5 cm³/mol. The van der Waals surface area contributed by atoms with E-state index in [1.54, 1.807) is 0 Å². The van der Waals surface area contributed by atoms with Gasteiger partial charge in [0, 0.05) is 30.0 Å². The summed E-state index contributed by atoms with van der Waals surface area (Å²) in [6.07, 6.45) is 9.16. The Hall–Kier alpha value is -1.56. The SMILES string of the molecule is CN=C(NCc1cn2cc(Br)ccc2n1)NC1CCCC1. The number of pyridine rings is 1. The monoisotopic (exact) mass is 349 g/mol. The molecule has 3 rings (SSSR count). The lowest BCUT2D eigenvalue weighted by atomic mass is 10.2. The lowest BCUT2D eigenvalue weighted by Crippen LogP contribution is -2.41. The van der Waals surface area contributed by atoms with Crippen molar-refractivity contribution in [1.82, 2.24) is 20.0 Å². The molecule has 5 nitrogen and oxygen atoms in total. The number of nitrogens with zero attached hydrogens (tertiary/aromatic N) is 3. The minimum atomic E-state index is 0.563. The van der Waals surface area contributed by atoms with Gasteiger partial charge in [0.1, 0.15) is 5.65 Å². The fourth-order valence-corrected chi connectivity index (χ4v) is 3.09. The maximum atomic E-state index is 4.59. The summed E-state index contributed by atoms with van der Waals surface area (Å²) in [4.78, 5) is 8.88. The zero-order valence-electron chi connectivity index (χ0n) is 12.1. The van der Waals surface area contributed by atoms with Gasteiger partial charge in [-0.25, -0.2) is 4.98 Å². The smallest absolute Gasteiger partial charge is 0.191 e. The van der Waals surface area contributed by atoms with Gasteiger partial charge in [0.05, 0.1) is 12.2 Å². The van der Waals surface area contributed by atoms with Crippen molar-refractivity contribution in [2.45, 2.75) is 38.3 Å². The van der Waals surface area contributed by atoms with Crippen LogP contribution >= 0.6 is 15.9 Å². The third kappa shape index (κ3) is 3.56. The topological polar surface area (TPSA) is 53.7 Å². The van der Waals surface area contributed by atoms with Crippen molar-refractivity contribution in [3.63, 3.8) is 0 Å². The van der Waals surface area contributed by atoms with Gasteiger partial charge in [-0.3, -0.25) is 4.99 Å². The highest BCUT2D eigenvalue weighted by atomic mass is 79.9. The summed E-state index contributed by atoms with van der Waals surface area (Å²) >= 11 is 3.47. The number of imidazole rings is 1. The standard InChI is InChI=1S/C15H20BrN5/c1-17-15(20-12-4-2-3-5-12)18-8-13-10-21-9-11(16)6-7-14(21)19-13/h6-7,9-10,12H,2-5,8H2,1H3,(H2,17,18,20). The van der Waals surface area contributed by atoms with Crippen LogP contribution in [0.25, 0.3) is 5.65 Å². The largest absolute Gasteiger partial charge is 0.354 e. The van der Waals surface area contributed by atoms with E-state index in [1.807, 2.05) is 36.0 Å². The lowest BCUT2D eigenvalue weighted by Gasteiger charge is -2.16. The molecule has 1 aliphatic rings. The average Bonchev–Trinajstić information content (AvgIpc) is 3.11. The molecule has 2 aromatic rings. The van der Waals surface area contributed by atoms with Gasteiger partial charge in [-0.2, -0.15) is 0 Å². The fourth-order valence-electron chi connectivity index (χ4n) is 2.73. The Morgan fingerprint density at radius 3 is 2.95 bits per heavy atom. The molecule has 1 aliphatic carbocycles. The van der Waals surface area contributed by atoms with Crippen LogP contribution in [0.4, 0.5) is 0 Å². The highest BCUT2D eigenvalue weighted by Gasteiger charge is 2.15. The summed E-state index contributed by atoms with van der Waals surface area (Å²) in [5, 5.41) is 6.82.